The van der Waals surface area contributed by atoms with Gasteiger partial charge in [0.05, 0.1) is 0 Å². The first kappa shape index (κ1) is 16.3. The second-order valence-electron chi connectivity index (χ2n) is 7.69. The van der Waals surface area contributed by atoms with Crippen LogP contribution in [0.5, 0.6) is 0 Å². The summed E-state index contributed by atoms with van der Waals surface area (Å²) in [4.78, 5) is 2.81. The minimum absolute atomic E-state index is 0.710. The summed E-state index contributed by atoms with van der Waals surface area (Å²) in [6.07, 6.45) is 8.39. The fourth-order valence-corrected chi connectivity index (χ4v) is 4.53. The first-order valence-corrected chi connectivity index (χ1v) is 9.07. The smallest absolute Gasteiger partial charge is 0.0100 e. The number of hydrogen-bond donors (Lipinski definition) is 1. The van der Waals surface area contributed by atoms with Crippen molar-refractivity contribution in [3.8, 4) is 0 Å². The van der Waals surface area contributed by atoms with Crippen molar-refractivity contribution in [2.75, 3.05) is 19.6 Å². The lowest BCUT2D eigenvalue weighted by molar-refractivity contribution is 0.0690. The molecule has 0 bridgehead atoms. The highest BCUT2D eigenvalue weighted by molar-refractivity contribution is 4.86. The van der Waals surface area contributed by atoms with Crippen LogP contribution in [0.1, 0.15) is 66.2 Å². The van der Waals surface area contributed by atoms with Crippen molar-refractivity contribution in [2.24, 2.45) is 17.8 Å². The van der Waals surface area contributed by atoms with Gasteiger partial charge in [0.2, 0.25) is 0 Å². The molecule has 2 rings (SSSR count). The molecule has 0 aromatic rings. The van der Waals surface area contributed by atoms with E-state index in [1.807, 2.05) is 0 Å². The molecule has 1 heterocycles. The molecule has 3 atom stereocenters. The van der Waals surface area contributed by atoms with E-state index in [0.29, 0.717) is 6.04 Å². The van der Waals surface area contributed by atoms with Gasteiger partial charge in [-0.25, -0.2) is 0 Å². The first-order valence-electron chi connectivity index (χ1n) is 9.07. The van der Waals surface area contributed by atoms with Crippen molar-refractivity contribution in [1.29, 1.82) is 0 Å². The minimum atomic E-state index is 0.710. The summed E-state index contributed by atoms with van der Waals surface area (Å²) < 4.78 is 0. The summed E-state index contributed by atoms with van der Waals surface area (Å²) in [7, 11) is 0. The van der Waals surface area contributed by atoms with Crippen molar-refractivity contribution in [2.45, 2.75) is 78.3 Å². The van der Waals surface area contributed by atoms with E-state index in [0.717, 1.165) is 23.8 Å². The zero-order valence-electron chi connectivity index (χ0n) is 14.2. The lowest BCUT2D eigenvalue weighted by Crippen LogP contribution is -2.47. The van der Waals surface area contributed by atoms with Gasteiger partial charge < -0.3 is 10.2 Å². The molecule has 1 saturated heterocycles. The second-order valence-corrected chi connectivity index (χ2v) is 7.69. The lowest BCUT2D eigenvalue weighted by atomic mass is 9.78. The molecule has 2 aliphatic rings. The molecule has 1 aliphatic heterocycles. The highest BCUT2D eigenvalue weighted by atomic mass is 15.2. The number of piperidine rings is 1. The maximum Gasteiger partial charge on any atom is 0.0100 e. The maximum atomic E-state index is 3.69. The Labute approximate surface area is 126 Å². The second kappa shape index (κ2) is 7.79. The molecule has 0 radical (unpaired) electrons. The standard InChI is InChI=1S/C18H36N2/c1-5-8-19-16(4)17-6-9-20(10-7-17)18-12-14(2)11-15(3)13-18/h14-19H,5-13H2,1-4H3. The fourth-order valence-electron chi connectivity index (χ4n) is 4.53. The molecule has 2 fully saturated rings. The van der Waals surface area contributed by atoms with Crippen molar-refractivity contribution >= 4 is 0 Å². The maximum absolute atomic E-state index is 3.69. The molecule has 0 aromatic heterocycles. The van der Waals surface area contributed by atoms with Crippen LogP contribution in [0, 0.1) is 17.8 Å². The van der Waals surface area contributed by atoms with Gasteiger partial charge in [-0.15, -0.1) is 0 Å². The molecule has 0 aromatic carbocycles. The Morgan fingerprint density at radius 1 is 1.05 bits per heavy atom. The summed E-state index contributed by atoms with van der Waals surface area (Å²) in [5.74, 6) is 2.77. The zero-order chi connectivity index (χ0) is 14.5. The van der Waals surface area contributed by atoms with Gasteiger partial charge in [-0.2, -0.15) is 0 Å². The van der Waals surface area contributed by atoms with Crippen molar-refractivity contribution < 1.29 is 0 Å². The summed E-state index contributed by atoms with van der Waals surface area (Å²) in [5, 5.41) is 3.69. The van der Waals surface area contributed by atoms with Crippen LogP contribution in [0.2, 0.25) is 0 Å². The Bertz CT molecular complexity index is 261. The molecule has 3 unspecified atom stereocenters. The van der Waals surface area contributed by atoms with Crippen LogP contribution < -0.4 is 5.32 Å². The molecule has 0 amide bonds. The number of hydrogen-bond acceptors (Lipinski definition) is 2. The van der Waals surface area contributed by atoms with E-state index in [1.165, 1.54) is 58.2 Å². The SMILES string of the molecule is CCCNC(C)C1CCN(C2CC(C)CC(C)C2)CC1. The number of likely N-dealkylation sites (tertiary alicyclic amines) is 1. The molecular formula is C18H36N2. The van der Waals surface area contributed by atoms with Crippen LogP contribution in [0.3, 0.4) is 0 Å². The van der Waals surface area contributed by atoms with Gasteiger partial charge >= 0.3 is 0 Å². The number of nitrogens with zero attached hydrogens (tertiary/aromatic N) is 1. The molecular weight excluding hydrogens is 244 g/mol. The van der Waals surface area contributed by atoms with E-state index < -0.39 is 0 Å². The van der Waals surface area contributed by atoms with E-state index in [4.69, 9.17) is 0 Å². The Morgan fingerprint density at radius 3 is 2.20 bits per heavy atom. The van der Waals surface area contributed by atoms with E-state index in [2.05, 4.69) is 37.9 Å². The lowest BCUT2D eigenvalue weighted by Gasteiger charge is -2.43. The summed E-state index contributed by atoms with van der Waals surface area (Å²) in [5.41, 5.74) is 0. The predicted octanol–water partition coefficient (Wildman–Crippen LogP) is 3.91. The van der Waals surface area contributed by atoms with Crippen LogP contribution in [-0.2, 0) is 0 Å². The molecule has 2 nitrogen and oxygen atoms in total. The van der Waals surface area contributed by atoms with Crippen molar-refractivity contribution in [3.05, 3.63) is 0 Å². The third-order valence-corrected chi connectivity index (χ3v) is 5.67. The Morgan fingerprint density at radius 2 is 1.65 bits per heavy atom. The Kier molecular flexibility index (Phi) is 6.35. The van der Waals surface area contributed by atoms with Gasteiger partial charge in [-0.05, 0) is 82.8 Å². The van der Waals surface area contributed by atoms with Crippen LogP contribution in [0.15, 0.2) is 0 Å². The van der Waals surface area contributed by atoms with Crippen LogP contribution in [-0.4, -0.2) is 36.6 Å². The predicted molar refractivity (Wildman–Crippen MR) is 88.0 cm³/mol. The van der Waals surface area contributed by atoms with E-state index in [9.17, 15) is 0 Å². The highest BCUT2D eigenvalue weighted by Gasteiger charge is 2.31. The van der Waals surface area contributed by atoms with Gasteiger partial charge in [0.25, 0.3) is 0 Å². The summed E-state index contributed by atoms with van der Waals surface area (Å²) >= 11 is 0. The molecule has 1 N–H and O–H groups in total. The summed E-state index contributed by atoms with van der Waals surface area (Å²) in [6.45, 7) is 13.4. The van der Waals surface area contributed by atoms with E-state index >= 15 is 0 Å². The fraction of sp³-hybridized carbons (Fsp3) is 1.00. The topological polar surface area (TPSA) is 15.3 Å². The van der Waals surface area contributed by atoms with Crippen LogP contribution in [0.25, 0.3) is 0 Å². The Balaban J connectivity index is 1.76. The molecule has 0 spiro atoms. The number of nitrogens with one attached hydrogen (secondary N) is 1. The summed E-state index contributed by atoms with van der Waals surface area (Å²) in [6, 6.07) is 1.59. The zero-order valence-corrected chi connectivity index (χ0v) is 14.2. The van der Waals surface area contributed by atoms with Crippen LogP contribution >= 0.6 is 0 Å². The Hall–Kier alpha value is -0.0800. The monoisotopic (exact) mass is 280 g/mol. The molecule has 1 aliphatic carbocycles. The minimum Gasteiger partial charge on any atom is -0.314 e. The normalized spacial score (nSPS) is 35.1. The molecule has 118 valence electrons. The third-order valence-electron chi connectivity index (χ3n) is 5.67. The van der Waals surface area contributed by atoms with Gasteiger partial charge in [0.1, 0.15) is 0 Å². The average Bonchev–Trinajstić information content (AvgIpc) is 2.44. The quantitative estimate of drug-likeness (QED) is 0.821. The van der Waals surface area contributed by atoms with E-state index in [1.54, 1.807) is 0 Å². The highest BCUT2D eigenvalue weighted by Crippen LogP contribution is 2.33. The van der Waals surface area contributed by atoms with Gasteiger partial charge in [-0.3, -0.25) is 0 Å². The van der Waals surface area contributed by atoms with Crippen LogP contribution in [0.4, 0.5) is 0 Å². The first-order chi connectivity index (χ1) is 9.60. The average molecular weight is 280 g/mol. The molecule has 2 heteroatoms. The van der Waals surface area contributed by atoms with Crippen molar-refractivity contribution in [1.82, 2.24) is 10.2 Å². The van der Waals surface area contributed by atoms with Gasteiger partial charge in [0.15, 0.2) is 0 Å². The van der Waals surface area contributed by atoms with Gasteiger partial charge in [0, 0.05) is 12.1 Å². The van der Waals surface area contributed by atoms with Crippen molar-refractivity contribution in [3.63, 3.8) is 0 Å². The number of rotatable bonds is 5. The molecule has 1 saturated carbocycles. The third kappa shape index (κ3) is 4.46. The van der Waals surface area contributed by atoms with E-state index in [-0.39, 0.29) is 0 Å². The molecule has 20 heavy (non-hydrogen) atoms. The largest absolute Gasteiger partial charge is 0.314 e. The van der Waals surface area contributed by atoms with Gasteiger partial charge in [-0.1, -0.05) is 20.8 Å².